The van der Waals surface area contributed by atoms with Gasteiger partial charge in [-0.05, 0) is 33.2 Å². The second kappa shape index (κ2) is 5.57. The van der Waals surface area contributed by atoms with Crippen molar-refractivity contribution < 1.29 is 14.3 Å². The van der Waals surface area contributed by atoms with E-state index in [-0.39, 0.29) is 23.7 Å². The monoisotopic (exact) mass is 255 g/mol. The van der Waals surface area contributed by atoms with E-state index < -0.39 is 0 Å². The van der Waals surface area contributed by atoms with Gasteiger partial charge in [0.05, 0.1) is 12.7 Å². The van der Waals surface area contributed by atoms with Crippen LogP contribution in [0.15, 0.2) is 0 Å². The van der Waals surface area contributed by atoms with Crippen LogP contribution in [-0.2, 0) is 14.3 Å². The largest absolute Gasteiger partial charge is 0.461 e. The van der Waals surface area contributed by atoms with E-state index in [4.69, 9.17) is 9.47 Å². The second-order valence-electron chi connectivity index (χ2n) is 5.80. The summed E-state index contributed by atoms with van der Waals surface area (Å²) in [6.07, 6.45) is 4.13. The summed E-state index contributed by atoms with van der Waals surface area (Å²) in [6.45, 7) is 8.74. The molecule has 2 saturated heterocycles. The Labute approximate surface area is 110 Å². The molecule has 2 atom stereocenters. The first-order valence-electron chi connectivity index (χ1n) is 7.12. The van der Waals surface area contributed by atoms with Crippen LogP contribution in [0.25, 0.3) is 0 Å². The van der Waals surface area contributed by atoms with Gasteiger partial charge in [-0.1, -0.05) is 6.92 Å². The van der Waals surface area contributed by atoms with Crippen LogP contribution in [0.5, 0.6) is 0 Å². The highest BCUT2D eigenvalue weighted by atomic mass is 16.5. The topological polar surface area (TPSA) is 38.8 Å². The van der Waals surface area contributed by atoms with Crippen LogP contribution in [0.1, 0.15) is 46.5 Å². The number of ether oxygens (including phenoxy) is 2. The Bertz CT molecular complexity index is 305. The van der Waals surface area contributed by atoms with E-state index in [0.29, 0.717) is 6.42 Å². The fraction of sp³-hybridized carbons (Fsp3) is 0.929. The van der Waals surface area contributed by atoms with E-state index in [0.717, 1.165) is 26.1 Å². The normalized spacial score (nSPS) is 31.9. The standard InChI is InChI=1S/C14H25NO3/c1-4-13(16)18-12-8-14(10-17-11(2)3)6-5-7-15(14)9-12/h11-12H,4-10H2,1-3H3. The van der Waals surface area contributed by atoms with Gasteiger partial charge >= 0.3 is 5.97 Å². The Kier molecular flexibility index (Phi) is 4.28. The third-order valence-corrected chi connectivity index (χ3v) is 4.04. The van der Waals surface area contributed by atoms with E-state index in [9.17, 15) is 4.79 Å². The molecule has 2 aliphatic rings. The number of carbonyl (C=O) groups excluding carboxylic acids is 1. The third-order valence-electron chi connectivity index (χ3n) is 4.04. The zero-order valence-corrected chi connectivity index (χ0v) is 11.8. The van der Waals surface area contributed by atoms with Crippen LogP contribution < -0.4 is 0 Å². The SMILES string of the molecule is CCC(=O)OC1CN2CCCC2(COC(C)C)C1. The Balaban J connectivity index is 1.94. The first-order chi connectivity index (χ1) is 8.55. The minimum atomic E-state index is -0.0823. The van der Waals surface area contributed by atoms with Crippen molar-refractivity contribution in [1.29, 1.82) is 0 Å². The van der Waals surface area contributed by atoms with E-state index in [1.54, 1.807) is 0 Å². The lowest BCUT2D eigenvalue weighted by Gasteiger charge is -2.32. The Hall–Kier alpha value is -0.610. The van der Waals surface area contributed by atoms with Gasteiger partial charge in [0, 0.05) is 24.9 Å². The molecule has 2 fully saturated rings. The third kappa shape index (κ3) is 2.86. The molecule has 0 spiro atoms. The van der Waals surface area contributed by atoms with Crippen LogP contribution in [0.4, 0.5) is 0 Å². The summed E-state index contributed by atoms with van der Waals surface area (Å²) in [5, 5.41) is 0. The molecule has 2 aliphatic heterocycles. The highest BCUT2D eigenvalue weighted by molar-refractivity contribution is 5.69. The second-order valence-corrected chi connectivity index (χ2v) is 5.80. The molecule has 0 N–H and O–H groups in total. The summed E-state index contributed by atoms with van der Waals surface area (Å²) >= 11 is 0. The Morgan fingerprint density at radius 1 is 1.50 bits per heavy atom. The number of rotatable bonds is 5. The van der Waals surface area contributed by atoms with Crippen molar-refractivity contribution in [2.45, 2.75) is 64.2 Å². The predicted octanol–water partition coefficient (Wildman–Crippen LogP) is 1.97. The van der Waals surface area contributed by atoms with Crippen LogP contribution in [-0.4, -0.2) is 48.3 Å². The van der Waals surface area contributed by atoms with Crippen molar-refractivity contribution in [3.8, 4) is 0 Å². The lowest BCUT2D eigenvalue weighted by atomic mass is 9.94. The number of hydrogen-bond acceptors (Lipinski definition) is 4. The van der Waals surface area contributed by atoms with Gasteiger partial charge in [0.15, 0.2) is 0 Å². The van der Waals surface area contributed by atoms with Gasteiger partial charge in [0.1, 0.15) is 6.10 Å². The minimum Gasteiger partial charge on any atom is -0.461 e. The molecule has 0 aromatic carbocycles. The lowest BCUT2D eigenvalue weighted by molar-refractivity contribution is -0.148. The summed E-state index contributed by atoms with van der Waals surface area (Å²) in [5.74, 6) is -0.0823. The summed E-state index contributed by atoms with van der Waals surface area (Å²) in [5.41, 5.74) is 0.128. The van der Waals surface area contributed by atoms with Gasteiger partial charge in [-0.25, -0.2) is 0 Å². The highest BCUT2D eigenvalue weighted by Gasteiger charge is 2.49. The molecular weight excluding hydrogens is 230 g/mol. The minimum absolute atomic E-state index is 0.0634. The molecule has 2 heterocycles. The van der Waals surface area contributed by atoms with Crippen molar-refractivity contribution in [3.63, 3.8) is 0 Å². The number of carbonyl (C=O) groups is 1. The molecule has 0 aromatic rings. The maximum Gasteiger partial charge on any atom is 0.305 e. The molecule has 0 aliphatic carbocycles. The first kappa shape index (κ1) is 13.8. The summed E-state index contributed by atoms with van der Waals surface area (Å²) in [7, 11) is 0. The van der Waals surface area contributed by atoms with E-state index in [1.807, 2.05) is 6.92 Å². The summed E-state index contributed by atoms with van der Waals surface area (Å²) in [4.78, 5) is 13.8. The number of esters is 1. The summed E-state index contributed by atoms with van der Waals surface area (Å²) < 4.78 is 11.3. The maximum absolute atomic E-state index is 11.4. The van der Waals surface area contributed by atoms with Crippen molar-refractivity contribution in [2.24, 2.45) is 0 Å². The van der Waals surface area contributed by atoms with E-state index in [2.05, 4.69) is 18.7 Å². The van der Waals surface area contributed by atoms with Gasteiger partial charge < -0.3 is 9.47 Å². The van der Waals surface area contributed by atoms with Crippen LogP contribution >= 0.6 is 0 Å². The smallest absolute Gasteiger partial charge is 0.305 e. The zero-order chi connectivity index (χ0) is 13.2. The molecular formula is C14H25NO3. The molecule has 104 valence electrons. The fourth-order valence-corrected chi connectivity index (χ4v) is 3.14. The zero-order valence-electron chi connectivity index (χ0n) is 11.8. The number of hydrogen-bond donors (Lipinski definition) is 0. The molecule has 4 nitrogen and oxygen atoms in total. The van der Waals surface area contributed by atoms with Crippen molar-refractivity contribution in [1.82, 2.24) is 4.90 Å². The van der Waals surface area contributed by atoms with Crippen LogP contribution in [0.3, 0.4) is 0 Å². The molecule has 0 amide bonds. The Morgan fingerprint density at radius 2 is 2.28 bits per heavy atom. The molecule has 4 heteroatoms. The quantitative estimate of drug-likeness (QED) is 0.704. The highest BCUT2D eigenvalue weighted by Crippen LogP contribution is 2.40. The van der Waals surface area contributed by atoms with Gasteiger partial charge in [-0.2, -0.15) is 0 Å². The van der Waals surface area contributed by atoms with Gasteiger partial charge in [-0.3, -0.25) is 9.69 Å². The first-order valence-corrected chi connectivity index (χ1v) is 7.12. The van der Waals surface area contributed by atoms with Gasteiger partial charge in [0.25, 0.3) is 0 Å². The molecule has 0 bridgehead atoms. The molecule has 2 unspecified atom stereocenters. The maximum atomic E-state index is 11.4. The van der Waals surface area contributed by atoms with Crippen molar-refractivity contribution >= 4 is 5.97 Å². The van der Waals surface area contributed by atoms with E-state index >= 15 is 0 Å². The molecule has 0 saturated carbocycles. The van der Waals surface area contributed by atoms with Gasteiger partial charge in [0.2, 0.25) is 0 Å². The molecule has 18 heavy (non-hydrogen) atoms. The molecule has 0 aromatic heterocycles. The lowest BCUT2D eigenvalue weighted by Crippen LogP contribution is -2.43. The predicted molar refractivity (Wildman–Crippen MR) is 69.4 cm³/mol. The number of nitrogens with zero attached hydrogens (tertiary/aromatic N) is 1. The average Bonchev–Trinajstić information content (AvgIpc) is 2.82. The van der Waals surface area contributed by atoms with Crippen molar-refractivity contribution in [3.05, 3.63) is 0 Å². The van der Waals surface area contributed by atoms with Crippen LogP contribution in [0, 0.1) is 0 Å². The average molecular weight is 255 g/mol. The molecule has 2 rings (SSSR count). The number of fused-ring (bicyclic) bond motifs is 1. The fourth-order valence-electron chi connectivity index (χ4n) is 3.14. The molecule has 0 radical (unpaired) electrons. The summed E-state index contributed by atoms with van der Waals surface area (Å²) in [6, 6.07) is 0. The van der Waals surface area contributed by atoms with Crippen molar-refractivity contribution in [2.75, 3.05) is 19.7 Å². The van der Waals surface area contributed by atoms with Gasteiger partial charge in [-0.15, -0.1) is 0 Å². The van der Waals surface area contributed by atoms with E-state index in [1.165, 1.54) is 12.8 Å². The Morgan fingerprint density at radius 3 is 2.94 bits per heavy atom. The van der Waals surface area contributed by atoms with Crippen LogP contribution in [0.2, 0.25) is 0 Å².